The van der Waals surface area contributed by atoms with Crippen LogP contribution in [0.2, 0.25) is 0 Å². The van der Waals surface area contributed by atoms with Crippen molar-refractivity contribution < 1.29 is 19.4 Å². The van der Waals surface area contributed by atoms with Crippen molar-refractivity contribution in [3.8, 4) is 0 Å². The fourth-order valence-electron chi connectivity index (χ4n) is 1.82. The van der Waals surface area contributed by atoms with Crippen LogP contribution in [-0.2, 0) is 14.3 Å². The van der Waals surface area contributed by atoms with E-state index in [-0.39, 0.29) is 0 Å². The Hall–Kier alpha value is -1.88. The third-order valence-electron chi connectivity index (χ3n) is 3.05. The van der Waals surface area contributed by atoms with Crippen molar-refractivity contribution in [2.75, 3.05) is 18.6 Å². The van der Waals surface area contributed by atoms with Gasteiger partial charge in [-0.2, -0.15) is 0 Å². The zero-order valence-corrected chi connectivity index (χ0v) is 12.1. The summed E-state index contributed by atoms with van der Waals surface area (Å²) in [5.74, 6) is -1.64. The average molecular weight is 279 g/mol. The molecule has 0 spiro atoms. The summed E-state index contributed by atoms with van der Waals surface area (Å²) in [6.07, 6.45) is 1.68. The van der Waals surface area contributed by atoms with E-state index in [4.69, 9.17) is 0 Å². The lowest BCUT2D eigenvalue weighted by molar-refractivity contribution is -0.166. The Bertz CT molecular complexity index is 456. The van der Waals surface area contributed by atoms with E-state index >= 15 is 0 Å². The Morgan fingerprint density at radius 1 is 1.30 bits per heavy atom. The quantitative estimate of drug-likeness (QED) is 0.636. The first kappa shape index (κ1) is 16.2. The molecule has 0 heterocycles. The lowest BCUT2D eigenvalue weighted by Gasteiger charge is -2.29. The van der Waals surface area contributed by atoms with E-state index in [0.717, 1.165) is 26.9 Å². The molecular formula is C15H21NO4. The van der Waals surface area contributed by atoms with Gasteiger partial charge in [0.25, 0.3) is 5.91 Å². The number of carbonyl (C=O) groups is 2. The van der Waals surface area contributed by atoms with Crippen LogP contribution in [0.25, 0.3) is 0 Å². The van der Waals surface area contributed by atoms with E-state index < -0.39 is 17.5 Å². The van der Waals surface area contributed by atoms with Gasteiger partial charge in [-0.05, 0) is 25.5 Å². The summed E-state index contributed by atoms with van der Waals surface area (Å²) >= 11 is 0. The van der Waals surface area contributed by atoms with Crippen LogP contribution >= 0.6 is 0 Å². The molecule has 0 aliphatic carbocycles. The lowest BCUT2D eigenvalue weighted by atomic mass is 10.0. The molecule has 1 rings (SSSR count). The molecule has 1 unspecified atom stereocenters. The zero-order chi connectivity index (χ0) is 15.2. The number of rotatable bonds is 6. The third kappa shape index (κ3) is 3.57. The zero-order valence-electron chi connectivity index (χ0n) is 12.1. The van der Waals surface area contributed by atoms with E-state index in [2.05, 4.69) is 4.74 Å². The third-order valence-corrected chi connectivity index (χ3v) is 3.05. The summed E-state index contributed by atoms with van der Waals surface area (Å²) in [6.45, 7) is 3.60. The van der Waals surface area contributed by atoms with Crippen LogP contribution in [0.4, 0.5) is 5.69 Å². The molecule has 0 radical (unpaired) electrons. The molecule has 0 fully saturated rings. The topological polar surface area (TPSA) is 66.8 Å². The number of anilines is 1. The lowest BCUT2D eigenvalue weighted by Crippen LogP contribution is -2.53. The molecule has 0 bridgehead atoms. The highest BCUT2D eigenvalue weighted by molar-refractivity contribution is 6.12. The molecule has 0 saturated carbocycles. The van der Waals surface area contributed by atoms with Gasteiger partial charge in [0.05, 0.1) is 7.11 Å². The molecule has 110 valence electrons. The van der Waals surface area contributed by atoms with Crippen molar-refractivity contribution >= 4 is 17.6 Å². The molecule has 5 nitrogen and oxygen atoms in total. The molecule has 20 heavy (non-hydrogen) atoms. The monoisotopic (exact) mass is 279 g/mol. The smallest absolute Gasteiger partial charge is 0.347 e. The van der Waals surface area contributed by atoms with E-state index in [1.54, 1.807) is 24.3 Å². The summed E-state index contributed by atoms with van der Waals surface area (Å²) in [7, 11) is 1.14. The summed E-state index contributed by atoms with van der Waals surface area (Å²) < 4.78 is 4.49. The van der Waals surface area contributed by atoms with Crippen molar-refractivity contribution in [1.82, 2.24) is 0 Å². The Kier molecular flexibility index (Phi) is 5.70. The van der Waals surface area contributed by atoms with E-state index in [0.29, 0.717) is 12.2 Å². The van der Waals surface area contributed by atoms with Crippen molar-refractivity contribution in [3.05, 3.63) is 30.3 Å². The highest BCUT2D eigenvalue weighted by atomic mass is 16.5. The second kappa shape index (κ2) is 7.05. The standard InChI is InChI=1S/C15H21NO4/c1-4-5-11-16(12-9-7-6-8-10-12)13(17)15(2,19)14(18)20-3/h6-10,19H,4-5,11H2,1-3H3. The summed E-state index contributed by atoms with van der Waals surface area (Å²) in [5.41, 5.74) is -1.53. The highest BCUT2D eigenvalue weighted by Crippen LogP contribution is 2.20. The van der Waals surface area contributed by atoms with Gasteiger partial charge in [0.15, 0.2) is 0 Å². The van der Waals surface area contributed by atoms with Gasteiger partial charge in [0.1, 0.15) is 0 Å². The van der Waals surface area contributed by atoms with Crippen LogP contribution < -0.4 is 4.90 Å². The van der Waals surface area contributed by atoms with Crippen molar-refractivity contribution in [2.45, 2.75) is 32.3 Å². The van der Waals surface area contributed by atoms with Gasteiger partial charge in [-0.1, -0.05) is 31.5 Å². The van der Waals surface area contributed by atoms with Crippen LogP contribution in [0, 0.1) is 0 Å². The number of para-hydroxylation sites is 1. The number of hydrogen-bond donors (Lipinski definition) is 1. The first-order valence-electron chi connectivity index (χ1n) is 6.63. The first-order chi connectivity index (χ1) is 9.45. The minimum Gasteiger partial charge on any atom is -0.466 e. The van der Waals surface area contributed by atoms with E-state index in [9.17, 15) is 14.7 Å². The Morgan fingerprint density at radius 2 is 1.90 bits per heavy atom. The van der Waals surface area contributed by atoms with Crippen LogP contribution in [0.1, 0.15) is 26.7 Å². The second-order valence-corrected chi connectivity index (χ2v) is 4.71. The Labute approximate surface area is 119 Å². The highest BCUT2D eigenvalue weighted by Gasteiger charge is 2.43. The first-order valence-corrected chi connectivity index (χ1v) is 6.63. The minimum atomic E-state index is -2.18. The average Bonchev–Trinajstić information content (AvgIpc) is 2.47. The van der Waals surface area contributed by atoms with Crippen LogP contribution in [0.15, 0.2) is 30.3 Å². The molecule has 0 aliphatic rings. The SMILES string of the molecule is CCCCN(C(=O)C(C)(O)C(=O)OC)c1ccccc1. The number of hydrogen-bond acceptors (Lipinski definition) is 4. The fraction of sp³-hybridized carbons (Fsp3) is 0.467. The van der Waals surface area contributed by atoms with Crippen LogP contribution in [-0.4, -0.2) is 36.2 Å². The van der Waals surface area contributed by atoms with Crippen LogP contribution in [0.3, 0.4) is 0 Å². The molecule has 5 heteroatoms. The number of benzene rings is 1. The van der Waals surface area contributed by atoms with Crippen molar-refractivity contribution in [2.24, 2.45) is 0 Å². The maximum Gasteiger partial charge on any atom is 0.347 e. The Balaban J connectivity index is 3.05. The predicted molar refractivity (Wildman–Crippen MR) is 76.3 cm³/mol. The predicted octanol–water partition coefficient (Wildman–Crippen LogP) is 1.74. The maximum atomic E-state index is 12.4. The van der Waals surface area contributed by atoms with Crippen molar-refractivity contribution in [1.29, 1.82) is 0 Å². The van der Waals surface area contributed by atoms with E-state index in [1.165, 1.54) is 4.90 Å². The van der Waals surface area contributed by atoms with Crippen molar-refractivity contribution in [3.63, 3.8) is 0 Å². The largest absolute Gasteiger partial charge is 0.466 e. The molecule has 0 saturated heterocycles. The van der Waals surface area contributed by atoms with Gasteiger partial charge in [0.2, 0.25) is 5.60 Å². The Morgan fingerprint density at radius 3 is 2.40 bits per heavy atom. The molecule has 0 aromatic heterocycles. The van der Waals surface area contributed by atoms with Gasteiger partial charge in [-0.25, -0.2) is 4.79 Å². The summed E-state index contributed by atoms with van der Waals surface area (Å²) in [6, 6.07) is 8.97. The number of nitrogens with zero attached hydrogens (tertiary/aromatic N) is 1. The number of aliphatic hydroxyl groups is 1. The van der Waals surface area contributed by atoms with Gasteiger partial charge in [0, 0.05) is 12.2 Å². The summed E-state index contributed by atoms with van der Waals surface area (Å²) in [4.78, 5) is 25.4. The second-order valence-electron chi connectivity index (χ2n) is 4.71. The van der Waals surface area contributed by atoms with Gasteiger partial charge in [-0.15, -0.1) is 0 Å². The molecule has 1 aromatic carbocycles. The molecule has 1 amide bonds. The molecule has 1 N–H and O–H groups in total. The fourth-order valence-corrected chi connectivity index (χ4v) is 1.82. The summed E-state index contributed by atoms with van der Waals surface area (Å²) in [5, 5.41) is 10.1. The number of carbonyl (C=O) groups excluding carboxylic acids is 2. The molecular weight excluding hydrogens is 258 g/mol. The van der Waals surface area contributed by atoms with Crippen LogP contribution in [0.5, 0.6) is 0 Å². The normalized spacial score (nSPS) is 13.4. The maximum absolute atomic E-state index is 12.4. The van der Waals surface area contributed by atoms with E-state index in [1.807, 2.05) is 13.0 Å². The molecule has 1 atom stereocenters. The number of esters is 1. The molecule has 0 aliphatic heterocycles. The van der Waals surface area contributed by atoms with Gasteiger partial charge < -0.3 is 14.7 Å². The number of unbranched alkanes of at least 4 members (excludes halogenated alkanes) is 1. The number of amides is 1. The van der Waals surface area contributed by atoms with Gasteiger partial charge >= 0.3 is 5.97 Å². The number of methoxy groups -OCH3 is 1. The molecule has 1 aromatic rings. The van der Waals surface area contributed by atoms with Gasteiger partial charge in [-0.3, -0.25) is 4.79 Å². The minimum absolute atomic E-state index is 0.437. The number of ether oxygens (including phenoxy) is 1.